The minimum atomic E-state index is 0.396. The Morgan fingerprint density at radius 3 is 1.62 bits per heavy atom. The third-order valence-corrected chi connectivity index (χ3v) is 3.12. The Morgan fingerprint density at radius 1 is 0.846 bits per heavy atom. The van der Waals surface area contributed by atoms with Gasteiger partial charge in [0.15, 0.2) is 0 Å². The first-order chi connectivity index (χ1) is 5.75. The summed E-state index contributed by atoms with van der Waals surface area (Å²) < 4.78 is 0. The van der Waals surface area contributed by atoms with Gasteiger partial charge in [-0.2, -0.15) is 0 Å². The summed E-state index contributed by atoms with van der Waals surface area (Å²) in [4.78, 5) is 0. The van der Waals surface area contributed by atoms with Gasteiger partial charge in [-0.05, 0) is 23.2 Å². The van der Waals surface area contributed by atoms with Gasteiger partial charge < -0.3 is 0 Å². The van der Waals surface area contributed by atoms with E-state index in [4.69, 9.17) is 0 Å². The quantitative estimate of drug-likeness (QED) is 0.563. The first-order valence-corrected chi connectivity index (χ1v) is 5.43. The van der Waals surface area contributed by atoms with Crippen LogP contribution < -0.4 is 0 Å². The molecule has 0 saturated heterocycles. The average Bonchev–Trinajstić information content (AvgIpc) is 1.97. The Balaban J connectivity index is 4.12. The van der Waals surface area contributed by atoms with Crippen molar-refractivity contribution in [1.82, 2.24) is 0 Å². The van der Waals surface area contributed by atoms with Gasteiger partial charge in [-0.25, -0.2) is 0 Å². The van der Waals surface area contributed by atoms with E-state index in [1.165, 1.54) is 0 Å². The minimum Gasteiger partial charge on any atom is -0.0852 e. The van der Waals surface area contributed by atoms with Crippen LogP contribution in [0.1, 0.15) is 48.5 Å². The molecular formula is C13H26. The molecule has 0 aromatic carbocycles. The highest BCUT2D eigenvalue weighted by Crippen LogP contribution is 2.27. The number of rotatable bonds is 3. The Kier molecular flexibility index (Phi) is 4.74. The lowest BCUT2D eigenvalue weighted by Crippen LogP contribution is -2.15. The first kappa shape index (κ1) is 12.7. The van der Waals surface area contributed by atoms with E-state index in [1.807, 2.05) is 0 Å². The summed E-state index contributed by atoms with van der Waals surface area (Å²) >= 11 is 0. The van der Waals surface area contributed by atoms with Crippen LogP contribution in [-0.2, 0) is 0 Å². The van der Waals surface area contributed by atoms with Crippen molar-refractivity contribution in [3.05, 3.63) is 12.2 Å². The van der Waals surface area contributed by atoms with E-state index < -0.39 is 0 Å². The molecule has 0 amide bonds. The second-order valence-electron chi connectivity index (χ2n) is 5.64. The van der Waals surface area contributed by atoms with Crippen LogP contribution in [0.25, 0.3) is 0 Å². The SMILES string of the molecule is CC(C)[C@H](C)/C=C/[C@@H](C)C(C)(C)C. The molecule has 0 aromatic rings. The summed E-state index contributed by atoms with van der Waals surface area (Å²) in [6.07, 6.45) is 4.73. The van der Waals surface area contributed by atoms with Crippen molar-refractivity contribution < 1.29 is 0 Å². The van der Waals surface area contributed by atoms with E-state index in [2.05, 4.69) is 60.6 Å². The zero-order valence-electron chi connectivity index (χ0n) is 10.4. The normalized spacial score (nSPS) is 18.2. The fourth-order valence-electron chi connectivity index (χ4n) is 0.853. The molecule has 0 aliphatic carbocycles. The highest BCUT2D eigenvalue weighted by Gasteiger charge is 2.17. The third-order valence-electron chi connectivity index (χ3n) is 3.12. The standard InChI is InChI=1S/C13H26/c1-10(2)11(3)8-9-12(4)13(5,6)7/h8-12H,1-7H3/b9-8+/t11-,12-/m1/s1. The van der Waals surface area contributed by atoms with Gasteiger partial charge in [0.1, 0.15) is 0 Å². The van der Waals surface area contributed by atoms with Crippen molar-refractivity contribution in [2.45, 2.75) is 48.5 Å². The second kappa shape index (κ2) is 4.83. The van der Waals surface area contributed by atoms with E-state index in [0.29, 0.717) is 17.3 Å². The van der Waals surface area contributed by atoms with Crippen molar-refractivity contribution in [1.29, 1.82) is 0 Å². The molecular weight excluding hydrogens is 156 g/mol. The van der Waals surface area contributed by atoms with Crippen LogP contribution in [0.15, 0.2) is 12.2 Å². The van der Waals surface area contributed by atoms with Crippen LogP contribution in [0.4, 0.5) is 0 Å². The molecule has 0 unspecified atom stereocenters. The monoisotopic (exact) mass is 182 g/mol. The number of hydrogen-bond acceptors (Lipinski definition) is 0. The molecule has 0 fully saturated rings. The van der Waals surface area contributed by atoms with Gasteiger partial charge in [0.25, 0.3) is 0 Å². The molecule has 0 bridgehead atoms. The Bertz CT molecular complexity index is 157. The summed E-state index contributed by atoms with van der Waals surface area (Å²) in [7, 11) is 0. The van der Waals surface area contributed by atoms with Crippen molar-refractivity contribution in [2.24, 2.45) is 23.2 Å². The summed E-state index contributed by atoms with van der Waals surface area (Å²) in [6, 6.07) is 0. The largest absolute Gasteiger partial charge is 0.0852 e. The molecule has 0 rings (SSSR count). The lowest BCUT2D eigenvalue weighted by atomic mass is 9.81. The van der Waals surface area contributed by atoms with Gasteiger partial charge in [0.2, 0.25) is 0 Å². The number of allylic oxidation sites excluding steroid dienone is 2. The van der Waals surface area contributed by atoms with Gasteiger partial charge in [0, 0.05) is 0 Å². The molecule has 0 spiro atoms. The fraction of sp³-hybridized carbons (Fsp3) is 0.846. The highest BCUT2D eigenvalue weighted by molar-refractivity contribution is 4.94. The van der Waals surface area contributed by atoms with E-state index in [1.54, 1.807) is 0 Å². The lowest BCUT2D eigenvalue weighted by molar-refractivity contribution is 0.312. The molecule has 78 valence electrons. The summed E-state index contributed by atoms with van der Waals surface area (Å²) in [5.41, 5.74) is 0.396. The number of hydrogen-bond donors (Lipinski definition) is 0. The van der Waals surface area contributed by atoms with Crippen molar-refractivity contribution in [2.75, 3.05) is 0 Å². The predicted molar refractivity (Wildman–Crippen MR) is 61.8 cm³/mol. The average molecular weight is 182 g/mol. The van der Waals surface area contributed by atoms with Crippen molar-refractivity contribution in [3.8, 4) is 0 Å². The third kappa shape index (κ3) is 5.13. The van der Waals surface area contributed by atoms with Crippen molar-refractivity contribution >= 4 is 0 Å². The summed E-state index contributed by atoms with van der Waals surface area (Å²) in [5.74, 6) is 2.11. The molecule has 0 aliphatic rings. The molecule has 0 N–H and O–H groups in total. The highest BCUT2D eigenvalue weighted by atomic mass is 14.2. The fourth-order valence-corrected chi connectivity index (χ4v) is 0.853. The van der Waals surface area contributed by atoms with E-state index in [-0.39, 0.29) is 0 Å². The predicted octanol–water partition coefficient (Wildman–Crippen LogP) is 4.52. The van der Waals surface area contributed by atoms with Crippen molar-refractivity contribution in [3.63, 3.8) is 0 Å². The van der Waals surface area contributed by atoms with Crippen LogP contribution in [0.3, 0.4) is 0 Å². The second-order valence-corrected chi connectivity index (χ2v) is 5.64. The van der Waals surface area contributed by atoms with Crippen LogP contribution in [0.2, 0.25) is 0 Å². The topological polar surface area (TPSA) is 0 Å². The van der Waals surface area contributed by atoms with Crippen LogP contribution in [-0.4, -0.2) is 0 Å². The Hall–Kier alpha value is -0.260. The van der Waals surface area contributed by atoms with Crippen LogP contribution >= 0.6 is 0 Å². The summed E-state index contributed by atoms with van der Waals surface area (Å²) in [6.45, 7) is 16.0. The molecule has 0 aliphatic heterocycles. The van der Waals surface area contributed by atoms with E-state index in [0.717, 1.165) is 5.92 Å². The maximum atomic E-state index is 2.37. The van der Waals surface area contributed by atoms with E-state index >= 15 is 0 Å². The molecule has 0 radical (unpaired) electrons. The molecule has 0 saturated carbocycles. The smallest absolute Gasteiger partial charge is 0.0213 e. The minimum absolute atomic E-state index is 0.396. The molecule has 13 heavy (non-hydrogen) atoms. The lowest BCUT2D eigenvalue weighted by Gasteiger charge is -2.24. The van der Waals surface area contributed by atoms with Gasteiger partial charge in [-0.1, -0.05) is 60.6 Å². The van der Waals surface area contributed by atoms with E-state index in [9.17, 15) is 0 Å². The van der Waals surface area contributed by atoms with Gasteiger partial charge in [-0.3, -0.25) is 0 Å². The molecule has 0 heterocycles. The molecule has 0 nitrogen and oxygen atoms in total. The zero-order chi connectivity index (χ0) is 10.6. The molecule has 0 heteroatoms. The summed E-state index contributed by atoms with van der Waals surface area (Å²) in [5, 5.41) is 0. The maximum Gasteiger partial charge on any atom is -0.0213 e. The molecule has 0 aromatic heterocycles. The molecule has 2 atom stereocenters. The van der Waals surface area contributed by atoms with Gasteiger partial charge in [0.05, 0.1) is 0 Å². The Labute approximate surface area is 84.4 Å². The first-order valence-electron chi connectivity index (χ1n) is 5.43. The van der Waals surface area contributed by atoms with Gasteiger partial charge >= 0.3 is 0 Å². The maximum absolute atomic E-state index is 2.37. The van der Waals surface area contributed by atoms with Crippen LogP contribution in [0.5, 0.6) is 0 Å². The van der Waals surface area contributed by atoms with Gasteiger partial charge in [-0.15, -0.1) is 0 Å². The van der Waals surface area contributed by atoms with Crippen LogP contribution in [0, 0.1) is 23.2 Å². The zero-order valence-corrected chi connectivity index (χ0v) is 10.4. The Morgan fingerprint density at radius 2 is 1.31 bits per heavy atom.